The average molecular weight is 491 g/mol. The topological polar surface area (TPSA) is 96.8 Å². The van der Waals surface area contributed by atoms with Crippen LogP contribution in [0.2, 0.25) is 0 Å². The summed E-state index contributed by atoms with van der Waals surface area (Å²) in [4.78, 5) is 35.4. The number of benzene rings is 3. The van der Waals surface area contributed by atoms with Crippen molar-refractivity contribution in [1.29, 1.82) is 0 Å². The summed E-state index contributed by atoms with van der Waals surface area (Å²) < 4.78 is 1.81. The van der Waals surface area contributed by atoms with Crippen molar-refractivity contribution in [1.82, 2.24) is 19.6 Å². The molecule has 8 nitrogen and oxygen atoms in total. The van der Waals surface area contributed by atoms with E-state index in [0.29, 0.717) is 18.7 Å². The van der Waals surface area contributed by atoms with Crippen LogP contribution in [0.25, 0.3) is 0 Å². The number of hydrogen-bond acceptors (Lipinski definition) is 5. The van der Waals surface area contributed by atoms with Crippen LogP contribution < -0.4 is 5.73 Å². The van der Waals surface area contributed by atoms with Crippen LogP contribution in [-0.2, 0) is 37.0 Å². The number of nitrogens with zero attached hydrogens (tertiary/aromatic N) is 5. The quantitative estimate of drug-likeness (QED) is 0.465. The van der Waals surface area contributed by atoms with Gasteiger partial charge < -0.3 is 10.6 Å². The van der Waals surface area contributed by atoms with E-state index in [0.717, 1.165) is 27.9 Å². The molecule has 2 amide bonds. The van der Waals surface area contributed by atoms with Gasteiger partial charge in [0.2, 0.25) is 0 Å². The normalized spacial score (nSPS) is 16.1. The van der Waals surface area contributed by atoms with E-state index in [-0.39, 0.29) is 24.3 Å². The fraction of sp³-hybridized carbons (Fsp3) is 0.172. The van der Waals surface area contributed by atoms with Crippen molar-refractivity contribution in [2.24, 2.45) is 17.8 Å². The van der Waals surface area contributed by atoms with E-state index >= 15 is 0 Å². The largest absolute Gasteiger partial charge is 0.369 e. The first-order valence-corrected chi connectivity index (χ1v) is 12.1. The molecule has 1 aromatic heterocycles. The molecule has 3 heterocycles. The lowest BCUT2D eigenvalue weighted by molar-refractivity contribution is -0.130. The molecule has 0 radical (unpaired) electrons. The number of fused-ring (bicyclic) bond motifs is 1. The van der Waals surface area contributed by atoms with E-state index in [1.54, 1.807) is 11.0 Å². The molecule has 0 fully saturated rings. The predicted molar refractivity (Wildman–Crippen MR) is 139 cm³/mol. The number of aliphatic imine (C=N–C) groups is 1. The van der Waals surface area contributed by atoms with Crippen molar-refractivity contribution in [2.45, 2.75) is 25.2 Å². The van der Waals surface area contributed by atoms with E-state index in [4.69, 9.17) is 10.7 Å². The van der Waals surface area contributed by atoms with Crippen molar-refractivity contribution in [3.8, 4) is 0 Å². The summed E-state index contributed by atoms with van der Waals surface area (Å²) >= 11 is 0. The monoisotopic (exact) mass is 490 g/mol. The van der Waals surface area contributed by atoms with Gasteiger partial charge in [0.15, 0.2) is 11.5 Å². The zero-order valence-electron chi connectivity index (χ0n) is 20.4. The van der Waals surface area contributed by atoms with Crippen molar-refractivity contribution < 1.29 is 9.59 Å². The number of guanidine groups is 1. The van der Waals surface area contributed by atoms with Gasteiger partial charge in [-0.05, 0) is 28.8 Å². The molecule has 0 unspecified atom stereocenters. The van der Waals surface area contributed by atoms with Gasteiger partial charge in [0.25, 0.3) is 11.8 Å². The molecule has 0 atom stereocenters. The number of aryl methyl sites for hydroxylation is 1. The molecular formula is C29H26N6O2. The van der Waals surface area contributed by atoms with Crippen LogP contribution in [0.3, 0.4) is 0 Å². The third-order valence-electron chi connectivity index (χ3n) is 7.15. The number of carbonyl (C=O) groups excluding carboxylic acids is 2. The number of hydrogen-bond donors (Lipinski definition) is 1. The highest BCUT2D eigenvalue weighted by molar-refractivity contribution is 6.09. The summed E-state index contributed by atoms with van der Waals surface area (Å²) in [5.74, 6) is -0.131. The van der Waals surface area contributed by atoms with Crippen LogP contribution in [0.15, 0.2) is 96.1 Å². The van der Waals surface area contributed by atoms with E-state index < -0.39 is 5.54 Å². The summed E-state index contributed by atoms with van der Waals surface area (Å²) in [6.45, 7) is 1.27. The molecule has 0 saturated carbocycles. The standard InChI is InChI=1S/C29H26N6O2/c1-33-25-19-34(18-22(25)16-31-33)26(36)21-10-8-9-20(15-21)17-35-27(37)29(32-28(35)30,23-11-4-2-5-12-23)24-13-6-3-7-14-24/h2-16H,17-19H2,1H3,(H2,30,32). The zero-order valence-corrected chi connectivity index (χ0v) is 20.4. The lowest BCUT2D eigenvalue weighted by atomic mass is 9.83. The smallest absolute Gasteiger partial charge is 0.266 e. The van der Waals surface area contributed by atoms with Crippen LogP contribution in [0.4, 0.5) is 0 Å². The number of carbonyl (C=O) groups is 2. The summed E-state index contributed by atoms with van der Waals surface area (Å²) in [5.41, 5.74) is 10.1. The molecule has 0 aliphatic carbocycles. The fourth-order valence-electron chi connectivity index (χ4n) is 5.23. The Balaban J connectivity index is 1.28. The second-order valence-corrected chi connectivity index (χ2v) is 9.41. The SMILES string of the molecule is Cn1ncc2c1CN(C(=O)c1cccc(CN3C(=O)C(c4ccccc4)(c4ccccc4)N=C3N)c1)C2. The Hall–Kier alpha value is -4.72. The van der Waals surface area contributed by atoms with Crippen LogP contribution in [-0.4, -0.2) is 37.4 Å². The Morgan fingerprint density at radius 1 is 0.946 bits per heavy atom. The Kier molecular flexibility index (Phi) is 5.37. The minimum Gasteiger partial charge on any atom is -0.369 e. The van der Waals surface area contributed by atoms with E-state index in [1.165, 1.54) is 4.90 Å². The van der Waals surface area contributed by atoms with E-state index in [1.807, 2.05) is 96.8 Å². The fourth-order valence-corrected chi connectivity index (χ4v) is 5.23. The van der Waals surface area contributed by atoms with Gasteiger partial charge in [-0.2, -0.15) is 5.10 Å². The van der Waals surface area contributed by atoms with Crippen molar-refractivity contribution in [3.63, 3.8) is 0 Å². The number of aromatic nitrogens is 2. The van der Waals surface area contributed by atoms with Crippen LogP contribution in [0.1, 0.15) is 38.3 Å². The number of amides is 2. The lowest BCUT2D eigenvalue weighted by Crippen LogP contribution is -2.43. The maximum Gasteiger partial charge on any atom is 0.266 e. The number of rotatable bonds is 5. The van der Waals surface area contributed by atoms with Gasteiger partial charge in [-0.3, -0.25) is 19.2 Å². The molecule has 0 saturated heterocycles. The maximum absolute atomic E-state index is 14.0. The average Bonchev–Trinajstić information content (AvgIpc) is 3.59. The van der Waals surface area contributed by atoms with Gasteiger partial charge in [-0.15, -0.1) is 0 Å². The third kappa shape index (κ3) is 3.69. The van der Waals surface area contributed by atoms with Crippen LogP contribution in [0, 0.1) is 0 Å². The third-order valence-corrected chi connectivity index (χ3v) is 7.15. The van der Waals surface area contributed by atoms with Crippen molar-refractivity contribution in [2.75, 3.05) is 0 Å². The van der Waals surface area contributed by atoms with E-state index in [9.17, 15) is 9.59 Å². The van der Waals surface area contributed by atoms with Crippen LogP contribution >= 0.6 is 0 Å². The van der Waals surface area contributed by atoms with Crippen molar-refractivity contribution in [3.05, 3.63) is 125 Å². The minimum atomic E-state index is -1.25. The predicted octanol–water partition coefficient (Wildman–Crippen LogP) is 3.18. The highest BCUT2D eigenvalue weighted by Gasteiger charge is 2.50. The molecule has 184 valence electrons. The Morgan fingerprint density at radius 3 is 2.27 bits per heavy atom. The van der Waals surface area contributed by atoms with Gasteiger partial charge in [0.1, 0.15) is 0 Å². The maximum atomic E-state index is 14.0. The molecule has 2 N–H and O–H groups in total. The van der Waals surface area contributed by atoms with Crippen molar-refractivity contribution >= 4 is 17.8 Å². The first-order chi connectivity index (χ1) is 18.0. The summed E-state index contributed by atoms with van der Waals surface area (Å²) in [5, 5.41) is 4.26. The molecule has 0 bridgehead atoms. The molecule has 6 rings (SSSR count). The minimum absolute atomic E-state index is 0.0599. The zero-order chi connectivity index (χ0) is 25.6. The second-order valence-electron chi connectivity index (χ2n) is 9.41. The van der Waals surface area contributed by atoms with Gasteiger partial charge in [0, 0.05) is 24.7 Å². The van der Waals surface area contributed by atoms with E-state index in [2.05, 4.69) is 5.10 Å². The van der Waals surface area contributed by atoms with Gasteiger partial charge >= 0.3 is 0 Å². The first kappa shape index (κ1) is 22.7. The molecule has 2 aliphatic heterocycles. The van der Waals surface area contributed by atoms with Gasteiger partial charge in [-0.25, -0.2) is 4.99 Å². The lowest BCUT2D eigenvalue weighted by Gasteiger charge is -2.27. The molecule has 4 aromatic rings. The second kappa shape index (κ2) is 8.74. The Morgan fingerprint density at radius 2 is 1.62 bits per heavy atom. The molecule has 2 aliphatic rings. The molecule has 8 heteroatoms. The summed E-state index contributed by atoms with van der Waals surface area (Å²) in [7, 11) is 1.89. The first-order valence-electron chi connectivity index (χ1n) is 12.1. The molecule has 0 spiro atoms. The molecule has 37 heavy (non-hydrogen) atoms. The summed E-state index contributed by atoms with van der Waals surface area (Å²) in [6.07, 6.45) is 1.81. The van der Waals surface area contributed by atoms with Gasteiger partial charge in [0.05, 0.1) is 25.0 Å². The van der Waals surface area contributed by atoms with Gasteiger partial charge in [-0.1, -0.05) is 72.8 Å². The highest BCUT2D eigenvalue weighted by Crippen LogP contribution is 2.40. The molecule has 3 aromatic carbocycles. The molecular weight excluding hydrogens is 464 g/mol. The highest BCUT2D eigenvalue weighted by atomic mass is 16.2. The summed E-state index contributed by atoms with van der Waals surface area (Å²) in [6, 6.07) is 26.3. The van der Waals surface area contributed by atoms with Crippen LogP contribution in [0.5, 0.6) is 0 Å². The number of nitrogens with two attached hydrogens (primary N) is 1. The Labute approximate surface area is 214 Å². The Bertz CT molecular complexity index is 1490.